The molecular weight excluding hydrogens is 146 g/mol. The van der Waals surface area contributed by atoms with E-state index in [1.165, 1.54) is 0 Å². The molecular formula is C7H11NO3. The average Bonchev–Trinajstić information content (AvgIpc) is 2.41. The van der Waals surface area contributed by atoms with Gasteiger partial charge in [-0.1, -0.05) is 0 Å². The van der Waals surface area contributed by atoms with Crippen LogP contribution in [-0.4, -0.2) is 30.3 Å². The molecule has 0 amide bonds. The minimum absolute atomic E-state index is 0.182. The number of ether oxygens (including phenoxy) is 1. The van der Waals surface area contributed by atoms with E-state index < -0.39 is 12.0 Å². The van der Waals surface area contributed by atoms with Gasteiger partial charge in [0.2, 0.25) is 0 Å². The second-order valence-corrected chi connectivity index (χ2v) is 3.31. The molecule has 4 atom stereocenters. The van der Waals surface area contributed by atoms with E-state index >= 15 is 0 Å². The third kappa shape index (κ3) is 0.937. The van der Waals surface area contributed by atoms with E-state index in [2.05, 4.69) is 0 Å². The van der Waals surface area contributed by atoms with Crippen LogP contribution in [0.3, 0.4) is 0 Å². The second-order valence-electron chi connectivity index (χ2n) is 3.31. The van der Waals surface area contributed by atoms with Crippen LogP contribution in [0, 0.1) is 17.8 Å². The molecule has 1 saturated carbocycles. The zero-order valence-corrected chi connectivity index (χ0v) is 6.06. The molecule has 0 bridgehead atoms. The van der Waals surface area contributed by atoms with Crippen molar-refractivity contribution >= 4 is 5.97 Å². The molecule has 1 saturated heterocycles. The first-order valence-corrected chi connectivity index (χ1v) is 3.78. The Bertz CT molecular complexity index is 184. The Morgan fingerprint density at radius 2 is 2.09 bits per heavy atom. The van der Waals surface area contributed by atoms with E-state index in [0.717, 1.165) is 0 Å². The molecule has 1 heterocycles. The molecule has 4 heteroatoms. The van der Waals surface area contributed by atoms with Crippen molar-refractivity contribution in [2.45, 2.75) is 6.04 Å². The van der Waals surface area contributed by atoms with Crippen molar-refractivity contribution < 1.29 is 14.6 Å². The summed E-state index contributed by atoms with van der Waals surface area (Å²) < 4.78 is 5.12. The SMILES string of the molecule is N[C@H](C(=O)O)C1[C@H]2COC[C@@H]12. The van der Waals surface area contributed by atoms with Crippen LogP contribution in [0.4, 0.5) is 0 Å². The van der Waals surface area contributed by atoms with Gasteiger partial charge in [0.25, 0.3) is 0 Å². The van der Waals surface area contributed by atoms with Crippen molar-refractivity contribution in [3.8, 4) is 0 Å². The van der Waals surface area contributed by atoms with Gasteiger partial charge in [-0.05, 0) is 17.8 Å². The zero-order valence-electron chi connectivity index (χ0n) is 6.06. The van der Waals surface area contributed by atoms with Crippen molar-refractivity contribution in [2.24, 2.45) is 23.5 Å². The Morgan fingerprint density at radius 3 is 2.55 bits per heavy atom. The third-order valence-corrected chi connectivity index (χ3v) is 2.72. The van der Waals surface area contributed by atoms with Gasteiger partial charge < -0.3 is 15.6 Å². The minimum atomic E-state index is -0.885. The molecule has 0 aromatic heterocycles. The highest BCUT2D eigenvalue weighted by atomic mass is 16.5. The normalized spacial score (nSPS) is 43.2. The highest BCUT2D eigenvalue weighted by molar-refractivity contribution is 5.74. The molecule has 11 heavy (non-hydrogen) atoms. The Morgan fingerprint density at radius 1 is 1.55 bits per heavy atom. The Balaban J connectivity index is 1.95. The number of carboxylic acid groups (broad SMARTS) is 1. The molecule has 0 aromatic carbocycles. The van der Waals surface area contributed by atoms with Crippen LogP contribution < -0.4 is 5.73 Å². The topological polar surface area (TPSA) is 72.6 Å². The number of aliphatic carboxylic acids is 1. The first-order valence-electron chi connectivity index (χ1n) is 3.78. The van der Waals surface area contributed by atoms with E-state index in [-0.39, 0.29) is 5.92 Å². The Kier molecular flexibility index (Phi) is 1.40. The summed E-state index contributed by atoms with van der Waals surface area (Å²) in [5, 5.41) is 8.58. The van der Waals surface area contributed by atoms with Crippen LogP contribution in [0.15, 0.2) is 0 Å². The first-order chi connectivity index (χ1) is 5.22. The summed E-state index contributed by atoms with van der Waals surface area (Å²) in [5.74, 6) is 0.160. The maximum Gasteiger partial charge on any atom is 0.320 e. The average molecular weight is 157 g/mol. The summed E-state index contributed by atoms with van der Waals surface area (Å²) >= 11 is 0. The van der Waals surface area contributed by atoms with Crippen molar-refractivity contribution in [3.63, 3.8) is 0 Å². The highest BCUT2D eigenvalue weighted by Crippen LogP contribution is 2.52. The van der Waals surface area contributed by atoms with Crippen LogP contribution >= 0.6 is 0 Å². The van der Waals surface area contributed by atoms with Crippen molar-refractivity contribution in [3.05, 3.63) is 0 Å². The monoisotopic (exact) mass is 157 g/mol. The molecule has 1 unspecified atom stereocenters. The van der Waals surface area contributed by atoms with Crippen molar-refractivity contribution in [2.75, 3.05) is 13.2 Å². The minimum Gasteiger partial charge on any atom is -0.480 e. The van der Waals surface area contributed by atoms with Gasteiger partial charge in [0.05, 0.1) is 13.2 Å². The molecule has 2 fully saturated rings. The van der Waals surface area contributed by atoms with Gasteiger partial charge in [0.1, 0.15) is 6.04 Å². The number of nitrogens with two attached hydrogens (primary N) is 1. The van der Waals surface area contributed by atoms with E-state index in [1.807, 2.05) is 0 Å². The number of hydrogen-bond donors (Lipinski definition) is 2. The van der Waals surface area contributed by atoms with E-state index in [9.17, 15) is 4.79 Å². The lowest BCUT2D eigenvalue weighted by atomic mass is 10.1. The summed E-state index contributed by atoms with van der Waals surface area (Å²) in [6.07, 6.45) is 0. The maximum atomic E-state index is 10.4. The molecule has 62 valence electrons. The summed E-state index contributed by atoms with van der Waals surface area (Å²) in [6, 6.07) is -0.672. The number of fused-ring (bicyclic) bond motifs is 1. The molecule has 0 aromatic rings. The predicted octanol–water partition coefficient (Wildman–Crippen LogP) is -0.709. The zero-order chi connectivity index (χ0) is 8.01. The van der Waals surface area contributed by atoms with E-state index in [0.29, 0.717) is 25.0 Å². The third-order valence-electron chi connectivity index (χ3n) is 2.72. The Labute approximate surface area is 64.3 Å². The summed E-state index contributed by atoms with van der Waals surface area (Å²) in [5.41, 5.74) is 5.46. The Hall–Kier alpha value is -0.610. The lowest BCUT2D eigenvalue weighted by Crippen LogP contribution is -2.34. The fourth-order valence-electron chi connectivity index (χ4n) is 1.98. The fraction of sp³-hybridized carbons (Fsp3) is 0.857. The highest BCUT2D eigenvalue weighted by Gasteiger charge is 2.58. The first kappa shape index (κ1) is 7.06. The maximum absolute atomic E-state index is 10.4. The van der Waals surface area contributed by atoms with Gasteiger partial charge in [0.15, 0.2) is 0 Å². The largest absolute Gasteiger partial charge is 0.480 e. The summed E-state index contributed by atoms with van der Waals surface area (Å²) in [4.78, 5) is 10.4. The number of hydrogen-bond acceptors (Lipinski definition) is 3. The predicted molar refractivity (Wildman–Crippen MR) is 36.9 cm³/mol. The molecule has 2 aliphatic rings. The van der Waals surface area contributed by atoms with Crippen LogP contribution in [-0.2, 0) is 9.53 Å². The van der Waals surface area contributed by atoms with Crippen LogP contribution in [0.1, 0.15) is 0 Å². The van der Waals surface area contributed by atoms with Crippen LogP contribution in [0.25, 0.3) is 0 Å². The quantitative estimate of drug-likeness (QED) is 0.555. The smallest absolute Gasteiger partial charge is 0.320 e. The molecule has 0 spiro atoms. The second kappa shape index (κ2) is 2.19. The number of carbonyl (C=O) groups is 1. The van der Waals surface area contributed by atoms with Gasteiger partial charge in [-0.2, -0.15) is 0 Å². The van der Waals surface area contributed by atoms with Crippen molar-refractivity contribution in [1.29, 1.82) is 0 Å². The molecule has 1 aliphatic carbocycles. The summed E-state index contributed by atoms with van der Waals surface area (Å²) in [7, 11) is 0. The van der Waals surface area contributed by atoms with Gasteiger partial charge in [0, 0.05) is 0 Å². The van der Waals surface area contributed by atoms with Gasteiger partial charge >= 0.3 is 5.97 Å². The van der Waals surface area contributed by atoms with E-state index in [1.54, 1.807) is 0 Å². The van der Waals surface area contributed by atoms with Crippen LogP contribution in [0.5, 0.6) is 0 Å². The lowest BCUT2D eigenvalue weighted by Gasteiger charge is -2.07. The van der Waals surface area contributed by atoms with Crippen molar-refractivity contribution in [1.82, 2.24) is 0 Å². The standard InChI is InChI=1S/C7H11NO3/c8-6(7(9)10)5-3-1-11-2-4(3)5/h3-6H,1-2,8H2,(H,9,10)/t3-,4+,5?,6-/m0/s1. The number of rotatable bonds is 2. The molecule has 4 nitrogen and oxygen atoms in total. The fourth-order valence-corrected chi connectivity index (χ4v) is 1.98. The molecule has 1 aliphatic heterocycles. The van der Waals surface area contributed by atoms with Gasteiger partial charge in [-0.15, -0.1) is 0 Å². The lowest BCUT2D eigenvalue weighted by molar-refractivity contribution is -0.139. The summed E-state index contributed by atoms with van der Waals surface area (Å²) in [6.45, 7) is 1.41. The molecule has 3 N–H and O–H groups in total. The van der Waals surface area contributed by atoms with Gasteiger partial charge in [-0.3, -0.25) is 4.79 Å². The van der Waals surface area contributed by atoms with Gasteiger partial charge in [-0.25, -0.2) is 0 Å². The van der Waals surface area contributed by atoms with Crippen LogP contribution in [0.2, 0.25) is 0 Å². The molecule has 0 radical (unpaired) electrons. The van der Waals surface area contributed by atoms with E-state index in [4.69, 9.17) is 15.6 Å². The number of carboxylic acids is 1. The molecule has 2 rings (SSSR count).